The van der Waals surface area contributed by atoms with Gasteiger partial charge in [0.25, 0.3) is 0 Å². The fourth-order valence-corrected chi connectivity index (χ4v) is 5.31. The van der Waals surface area contributed by atoms with Crippen LogP contribution in [0.2, 0.25) is 0 Å². The maximum atomic E-state index is 12.9. The molecule has 0 spiro atoms. The fraction of sp³-hybridized carbons (Fsp3) is 0.480. The first-order chi connectivity index (χ1) is 15.0. The lowest BCUT2D eigenvalue weighted by molar-refractivity contribution is 0.132. The molecule has 2 saturated heterocycles. The number of benzene rings is 2. The van der Waals surface area contributed by atoms with Gasteiger partial charge in [-0.3, -0.25) is 9.80 Å². The Hall–Kier alpha value is -2.57. The maximum Gasteiger partial charge on any atom is 0.322 e. The molecule has 6 nitrogen and oxygen atoms in total. The van der Waals surface area contributed by atoms with Gasteiger partial charge in [-0.2, -0.15) is 0 Å². The van der Waals surface area contributed by atoms with Gasteiger partial charge in [-0.15, -0.1) is 0 Å². The standard InChI is InChI=1S/C25H32N4O2/c1-25(2)16-19-8-6-7-18(23(19)31-25)15-21(28-13-11-26-12-14-28)22-17-27-24(30)29(22)20-9-4-3-5-10-20/h3-10,21-22,26H,11-17H2,1-2H3,(H,27,30). The quantitative estimate of drug-likeness (QED) is 0.781. The van der Waals surface area contributed by atoms with Crippen molar-refractivity contribution in [1.82, 2.24) is 15.5 Å². The topological polar surface area (TPSA) is 56.8 Å². The van der Waals surface area contributed by atoms with Crippen molar-refractivity contribution in [3.05, 3.63) is 59.7 Å². The van der Waals surface area contributed by atoms with E-state index in [1.165, 1.54) is 11.1 Å². The number of para-hydroxylation sites is 2. The first-order valence-electron chi connectivity index (χ1n) is 11.4. The number of carbonyl (C=O) groups excluding carboxylic acids is 1. The van der Waals surface area contributed by atoms with Crippen molar-refractivity contribution < 1.29 is 9.53 Å². The molecule has 0 aromatic heterocycles. The largest absolute Gasteiger partial charge is 0.487 e. The summed E-state index contributed by atoms with van der Waals surface area (Å²) in [5.41, 5.74) is 3.34. The number of fused-ring (bicyclic) bond motifs is 1. The molecule has 2 aromatic carbocycles. The lowest BCUT2D eigenvalue weighted by Crippen LogP contribution is -2.57. The lowest BCUT2D eigenvalue weighted by Gasteiger charge is -2.40. The van der Waals surface area contributed by atoms with Crippen LogP contribution >= 0.6 is 0 Å². The van der Waals surface area contributed by atoms with Gasteiger partial charge >= 0.3 is 6.03 Å². The number of ether oxygens (including phenoxy) is 1. The fourth-order valence-electron chi connectivity index (χ4n) is 5.31. The molecule has 3 heterocycles. The van der Waals surface area contributed by atoms with E-state index in [0.29, 0.717) is 6.54 Å². The predicted molar refractivity (Wildman–Crippen MR) is 123 cm³/mol. The van der Waals surface area contributed by atoms with Crippen LogP contribution in [0.25, 0.3) is 0 Å². The van der Waals surface area contributed by atoms with Crippen LogP contribution in [0.1, 0.15) is 25.0 Å². The van der Waals surface area contributed by atoms with Gasteiger partial charge in [-0.05, 0) is 43.5 Å². The van der Waals surface area contributed by atoms with Crippen LogP contribution in [0, 0.1) is 0 Å². The molecule has 0 bridgehead atoms. The number of nitrogens with one attached hydrogen (secondary N) is 2. The van der Waals surface area contributed by atoms with Crippen LogP contribution in [0.15, 0.2) is 48.5 Å². The molecule has 6 heteroatoms. The van der Waals surface area contributed by atoms with Crippen LogP contribution in [-0.4, -0.2) is 61.3 Å². The number of hydrogen-bond acceptors (Lipinski definition) is 4. The molecular weight excluding hydrogens is 388 g/mol. The zero-order valence-electron chi connectivity index (χ0n) is 18.4. The molecule has 3 aliphatic rings. The first kappa shape index (κ1) is 20.3. The third-order valence-corrected chi connectivity index (χ3v) is 6.71. The Kier molecular flexibility index (Phi) is 5.36. The average molecular weight is 421 g/mol. The number of nitrogens with zero attached hydrogens (tertiary/aromatic N) is 2. The van der Waals surface area contributed by atoms with E-state index < -0.39 is 0 Å². The molecule has 2 atom stereocenters. The van der Waals surface area contributed by atoms with Gasteiger partial charge in [0.2, 0.25) is 0 Å². The summed E-state index contributed by atoms with van der Waals surface area (Å²) in [7, 11) is 0. The van der Waals surface area contributed by atoms with Crippen LogP contribution < -0.4 is 20.3 Å². The Bertz CT molecular complexity index is 940. The van der Waals surface area contributed by atoms with Crippen LogP contribution in [0.4, 0.5) is 10.5 Å². The maximum absolute atomic E-state index is 12.9. The molecule has 31 heavy (non-hydrogen) atoms. The molecule has 2 aromatic rings. The Balaban J connectivity index is 1.49. The normalized spacial score (nSPS) is 23.9. The molecular formula is C25H32N4O2. The van der Waals surface area contributed by atoms with E-state index in [2.05, 4.69) is 47.6 Å². The number of rotatable bonds is 5. The van der Waals surface area contributed by atoms with Crippen molar-refractivity contribution in [3.63, 3.8) is 0 Å². The summed E-state index contributed by atoms with van der Waals surface area (Å²) in [4.78, 5) is 17.4. The second-order valence-electron chi connectivity index (χ2n) is 9.46. The number of anilines is 1. The Labute approximate surface area is 184 Å². The minimum Gasteiger partial charge on any atom is -0.487 e. The van der Waals surface area contributed by atoms with Crippen molar-refractivity contribution in [3.8, 4) is 5.75 Å². The minimum absolute atomic E-state index is 0.00740. The van der Waals surface area contributed by atoms with Crippen molar-refractivity contribution in [2.75, 3.05) is 37.6 Å². The molecule has 0 aliphatic carbocycles. The number of carbonyl (C=O) groups is 1. The van der Waals surface area contributed by atoms with Crippen molar-refractivity contribution in [2.45, 2.75) is 44.4 Å². The van der Waals surface area contributed by atoms with Crippen molar-refractivity contribution in [1.29, 1.82) is 0 Å². The molecule has 0 radical (unpaired) electrons. The second kappa shape index (κ2) is 8.17. The van der Waals surface area contributed by atoms with Crippen molar-refractivity contribution >= 4 is 11.7 Å². The van der Waals surface area contributed by atoms with E-state index in [4.69, 9.17) is 4.74 Å². The highest BCUT2D eigenvalue weighted by atomic mass is 16.5. The summed E-state index contributed by atoms with van der Waals surface area (Å²) >= 11 is 0. The zero-order valence-corrected chi connectivity index (χ0v) is 18.4. The molecule has 5 rings (SSSR count). The minimum atomic E-state index is -0.163. The lowest BCUT2D eigenvalue weighted by atomic mass is 9.93. The summed E-state index contributed by atoms with van der Waals surface area (Å²) in [6.07, 6.45) is 1.80. The van der Waals surface area contributed by atoms with Gasteiger partial charge in [0.15, 0.2) is 0 Å². The van der Waals surface area contributed by atoms with Crippen LogP contribution in [-0.2, 0) is 12.8 Å². The van der Waals surface area contributed by atoms with E-state index in [1.54, 1.807) is 0 Å². The number of hydrogen-bond donors (Lipinski definition) is 2. The Morgan fingerprint density at radius 1 is 1.10 bits per heavy atom. The average Bonchev–Trinajstić information content (AvgIpc) is 3.31. The highest BCUT2D eigenvalue weighted by Gasteiger charge is 2.41. The van der Waals surface area contributed by atoms with Crippen molar-refractivity contribution in [2.24, 2.45) is 0 Å². The zero-order chi connectivity index (χ0) is 21.4. The first-order valence-corrected chi connectivity index (χ1v) is 11.4. The third-order valence-electron chi connectivity index (χ3n) is 6.71. The monoisotopic (exact) mass is 420 g/mol. The molecule has 3 aliphatic heterocycles. The van der Waals surface area contributed by atoms with Gasteiger partial charge in [0.1, 0.15) is 11.4 Å². The number of urea groups is 1. The van der Waals surface area contributed by atoms with Gasteiger partial charge in [0.05, 0.1) is 6.04 Å². The Morgan fingerprint density at radius 3 is 2.65 bits per heavy atom. The smallest absolute Gasteiger partial charge is 0.322 e. The van der Waals surface area contributed by atoms with Gasteiger partial charge in [-0.25, -0.2) is 4.79 Å². The molecule has 2 amide bonds. The van der Waals surface area contributed by atoms with E-state index in [9.17, 15) is 4.79 Å². The van der Waals surface area contributed by atoms with Crippen LogP contribution in [0.3, 0.4) is 0 Å². The molecule has 2 N–H and O–H groups in total. The number of piperazine rings is 1. The molecule has 0 saturated carbocycles. The Morgan fingerprint density at radius 2 is 1.87 bits per heavy atom. The second-order valence-corrected chi connectivity index (χ2v) is 9.46. The molecule has 2 unspecified atom stereocenters. The summed E-state index contributed by atoms with van der Waals surface area (Å²) in [6.45, 7) is 8.89. The van der Waals surface area contributed by atoms with E-state index >= 15 is 0 Å². The summed E-state index contributed by atoms with van der Waals surface area (Å²) in [5, 5.41) is 6.57. The van der Waals surface area contributed by atoms with Gasteiger partial charge in [0, 0.05) is 50.9 Å². The SMILES string of the molecule is CC1(C)Cc2cccc(CC(C3CNC(=O)N3c3ccccc3)N3CCNCC3)c2O1. The summed E-state index contributed by atoms with van der Waals surface area (Å²) < 4.78 is 6.38. The van der Waals surface area contributed by atoms with Gasteiger partial charge < -0.3 is 15.4 Å². The predicted octanol–water partition coefficient (Wildman–Crippen LogP) is 2.81. The van der Waals surface area contributed by atoms with Gasteiger partial charge in [-0.1, -0.05) is 36.4 Å². The van der Waals surface area contributed by atoms with E-state index in [1.807, 2.05) is 35.2 Å². The third kappa shape index (κ3) is 4.02. The highest BCUT2D eigenvalue weighted by Crippen LogP contribution is 2.39. The number of amides is 2. The molecule has 164 valence electrons. The van der Waals surface area contributed by atoms with E-state index in [-0.39, 0.29) is 23.7 Å². The van der Waals surface area contributed by atoms with Crippen LogP contribution in [0.5, 0.6) is 5.75 Å². The molecule has 2 fully saturated rings. The van der Waals surface area contributed by atoms with E-state index in [0.717, 1.165) is 50.5 Å². The summed E-state index contributed by atoms with van der Waals surface area (Å²) in [5.74, 6) is 1.05. The highest BCUT2D eigenvalue weighted by molar-refractivity contribution is 5.95. The summed E-state index contributed by atoms with van der Waals surface area (Å²) in [6, 6.07) is 16.8.